The summed E-state index contributed by atoms with van der Waals surface area (Å²) in [6, 6.07) is 1.81. The monoisotopic (exact) mass is 344 g/mol. The van der Waals surface area contributed by atoms with Crippen molar-refractivity contribution in [2.45, 2.75) is 38.5 Å². The van der Waals surface area contributed by atoms with Gasteiger partial charge in [0.1, 0.15) is 0 Å². The zero-order chi connectivity index (χ0) is 16.5. The minimum Gasteiger partial charge on any atom is -0.334 e. The number of carbonyl (C=O) groups excluding carboxylic acids is 1. The van der Waals surface area contributed by atoms with Gasteiger partial charge >= 0.3 is 0 Å². The van der Waals surface area contributed by atoms with Crippen LogP contribution in [0.15, 0.2) is 6.07 Å². The highest BCUT2D eigenvalue weighted by Gasteiger charge is 2.30. The number of hydrogen-bond donors (Lipinski definition) is 1. The minimum absolute atomic E-state index is 0.0139. The lowest BCUT2D eigenvalue weighted by Gasteiger charge is -2.37. The van der Waals surface area contributed by atoms with Crippen LogP contribution in [0.3, 0.4) is 0 Å². The number of amides is 1. The number of likely N-dealkylation sites (tertiary alicyclic amines) is 1. The van der Waals surface area contributed by atoms with Gasteiger partial charge in [0.15, 0.2) is 9.84 Å². The van der Waals surface area contributed by atoms with Crippen molar-refractivity contribution in [2.75, 3.05) is 19.3 Å². The maximum Gasteiger partial charge on any atom is 0.264 e. The van der Waals surface area contributed by atoms with Gasteiger partial charge in [0.25, 0.3) is 5.91 Å². The lowest BCUT2D eigenvalue weighted by atomic mass is 9.92. The van der Waals surface area contributed by atoms with Crippen LogP contribution in [0.5, 0.6) is 0 Å². The Hall–Kier alpha value is -0.920. The third kappa shape index (κ3) is 4.08. The molecule has 0 spiro atoms. The average molecular weight is 345 g/mol. The molecule has 0 aromatic carbocycles. The molecule has 0 saturated carbocycles. The molecule has 0 radical (unpaired) electrons. The van der Waals surface area contributed by atoms with E-state index in [0.29, 0.717) is 17.3 Å². The fourth-order valence-electron chi connectivity index (χ4n) is 2.93. The normalized spacial score (nSPS) is 22.8. The van der Waals surface area contributed by atoms with E-state index in [4.69, 9.17) is 5.73 Å². The van der Waals surface area contributed by atoms with Crippen molar-refractivity contribution in [3.8, 4) is 0 Å². The summed E-state index contributed by atoms with van der Waals surface area (Å²) in [6.07, 6.45) is 3.13. The average Bonchev–Trinajstić information content (AvgIpc) is 2.77. The van der Waals surface area contributed by atoms with Gasteiger partial charge in [-0.25, -0.2) is 8.42 Å². The van der Waals surface area contributed by atoms with Gasteiger partial charge in [-0.3, -0.25) is 4.79 Å². The Bertz CT molecular complexity index is 652. The molecule has 124 valence electrons. The van der Waals surface area contributed by atoms with Gasteiger partial charge in [0, 0.05) is 30.3 Å². The first-order valence-electron chi connectivity index (χ1n) is 7.49. The van der Waals surface area contributed by atoms with Crippen molar-refractivity contribution >= 4 is 27.1 Å². The summed E-state index contributed by atoms with van der Waals surface area (Å²) in [7, 11) is -3.10. The Balaban J connectivity index is 2.21. The van der Waals surface area contributed by atoms with Gasteiger partial charge in [-0.05, 0) is 37.3 Å². The summed E-state index contributed by atoms with van der Waals surface area (Å²) >= 11 is 1.37. The van der Waals surface area contributed by atoms with Gasteiger partial charge in [0.2, 0.25) is 0 Å². The van der Waals surface area contributed by atoms with Gasteiger partial charge in [-0.1, -0.05) is 6.92 Å². The number of sulfone groups is 1. The van der Waals surface area contributed by atoms with E-state index >= 15 is 0 Å². The van der Waals surface area contributed by atoms with Crippen molar-refractivity contribution in [3.63, 3.8) is 0 Å². The van der Waals surface area contributed by atoms with Crippen LogP contribution in [0.1, 0.15) is 39.9 Å². The molecule has 0 bridgehead atoms. The van der Waals surface area contributed by atoms with E-state index in [-0.39, 0.29) is 17.7 Å². The standard InChI is InChI=1S/C15H24N2O3S2/c1-10-4-5-17(13(6-10)8-16)15(18)14-7-12(11(2)21-14)9-22(3,19)20/h7,10,13H,4-6,8-9,16H2,1-3H3. The predicted octanol–water partition coefficient (Wildman–Crippen LogP) is 1.80. The second-order valence-electron chi connectivity index (χ2n) is 6.28. The molecular formula is C15H24N2O3S2. The van der Waals surface area contributed by atoms with E-state index in [1.165, 1.54) is 17.6 Å². The van der Waals surface area contributed by atoms with Crippen molar-refractivity contribution in [1.82, 2.24) is 4.90 Å². The highest BCUT2D eigenvalue weighted by atomic mass is 32.2. The van der Waals surface area contributed by atoms with Crippen molar-refractivity contribution < 1.29 is 13.2 Å². The number of hydrogen-bond acceptors (Lipinski definition) is 5. The number of nitrogens with zero attached hydrogens (tertiary/aromatic N) is 1. The second-order valence-corrected chi connectivity index (χ2v) is 9.68. The van der Waals surface area contributed by atoms with Crippen molar-refractivity contribution in [2.24, 2.45) is 11.7 Å². The third-order valence-corrected chi connectivity index (χ3v) is 6.08. The molecule has 1 aliphatic heterocycles. The van der Waals surface area contributed by atoms with Crippen molar-refractivity contribution in [3.05, 3.63) is 21.4 Å². The first-order valence-corrected chi connectivity index (χ1v) is 10.4. The Labute approximate surface area is 136 Å². The van der Waals surface area contributed by atoms with Gasteiger partial charge in [0.05, 0.1) is 10.6 Å². The summed E-state index contributed by atoms with van der Waals surface area (Å²) < 4.78 is 22.9. The quantitative estimate of drug-likeness (QED) is 0.903. The molecule has 7 heteroatoms. The van der Waals surface area contributed by atoms with Crippen LogP contribution in [0.4, 0.5) is 0 Å². The Morgan fingerprint density at radius 2 is 2.18 bits per heavy atom. The number of thiophene rings is 1. The molecule has 2 atom stereocenters. The molecule has 2 N–H and O–H groups in total. The molecule has 5 nitrogen and oxygen atoms in total. The molecule has 1 amide bonds. The zero-order valence-corrected chi connectivity index (χ0v) is 15.0. The number of piperidine rings is 1. The molecule has 2 unspecified atom stereocenters. The summed E-state index contributed by atoms with van der Waals surface area (Å²) in [6.45, 7) is 5.24. The SMILES string of the molecule is Cc1sc(C(=O)N2CCC(C)CC2CN)cc1CS(C)(=O)=O. The highest BCUT2D eigenvalue weighted by molar-refractivity contribution is 7.89. The van der Waals surface area contributed by atoms with Gasteiger partial charge in [-0.15, -0.1) is 11.3 Å². The molecule has 1 aromatic heterocycles. The first-order chi connectivity index (χ1) is 10.2. The summed E-state index contributed by atoms with van der Waals surface area (Å²) in [4.78, 5) is 16.1. The minimum atomic E-state index is -3.10. The maximum atomic E-state index is 12.7. The van der Waals surface area contributed by atoms with Crippen LogP contribution >= 0.6 is 11.3 Å². The van der Waals surface area contributed by atoms with E-state index in [1.807, 2.05) is 11.8 Å². The molecule has 1 fully saturated rings. The van der Waals surface area contributed by atoms with Gasteiger partial charge < -0.3 is 10.6 Å². The van der Waals surface area contributed by atoms with E-state index in [2.05, 4.69) is 6.92 Å². The Kier molecular flexibility index (Phi) is 5.29. The fourth-order valence-corrected chi connectivity index (χ4v) is 4.89. The third-order valence-electron chi connectivity index (χ3n) is 4.16. The number of nitrogens with two attached hydrogens (primary N) is 1. The second kappa shape index (κ2) is 6.68. The van der Waals surface area contributed by atoms with Crippen LogP contribution < -0.4 is 5.73 Å². The Morgan fingerprint density at radius 1 is 1.50 bits per heavy atom. The van der Waals surface area contributed by atoms with E-state index in [0.717, 1.165) is 29.8 Å². The molecule has 1 aliphatic rings. The molecule has 2 heterocycles. The molecule has 2 rings (SSSR count). The van der Waals surface area contributed by atoms with Crippen LogP contribution in [0.2, 0.25) is 0 Å². The maximum absolute atomic E-state index is 12.7. The number of rotatable bonds is 4. The van der Waals surface area contributed by atoms with Crippen LogP contribution in [-0.4, -0.2) is 44.6 Å². The predicted molar refractivity (Wildman–Crippen MR) is 89.9 cm³/mol. The van der Waals surface area contributed by atoms with Crippen LogP contribution in [0.25, 0.3) is 0 Å². The zero-order valence-electron chi connectivity index (χ0n) is 13.3. The molecule has 22 heavy (non-hydrogen) atoms. The molecule has 1 aromatic rings. The van der Waals surface area contributed by atoms with E-state index < -0.39 is 9.84 Å². The smallest absolute Gasteiger partial charge is 0.264 e. The molecular weight excluding hydrogens is 320 g/mol. The topological polar surface area (TPSA) is 80.5 Å². The van der Waals surface area contributed by atoms with E-state index in [9.17, 15) is 13.2 Å². The van der Waals surface area contributed by atoms with E-state index in [1.54, 1.807) is 6.07 Å². The largest absolute Gasteiger partial charge is 0.334 e. The van der Waals surface area contributed by atoms with Gasteiger partial charge in [-0.2, -0.15) is 0 Å². The summed E-state index contributed by atoms with van der Waals surface area (Å²) in [5.74, 6) is 0.554. The molecule has 1 saturated heterocycles. The number of aryl methyl sites for hydroxylation is 1. The van der Waals surface area contributed by atoms with Crippen LogP contribution in [0, 0.1) is 12.8 Å². The molecule has 0 aliphatic carbocycles. The first kappa shape index (κ1) is 17.4. The number of carbonyl (C=O) groups is 1. The summed E-state index contributed by atoms with van der Waals surface area (Å²) in [5, 5.41) is 0. The Morgan fingerprint density at radius 3 is 2.77 bits per heavy atom. The lowest BCUT2D eigenvalue weighted by molar-refractivity contribution is 0.0578. The van der Waals surface area contributed by atoms with Crippen molar-refractivity contribution in [1.29, 1.82) is 0 Å². The van der Waals surface area contributed by atoms with Crippen LogP contribution in [-0.2, 0) is 15.6 Å². The lowest BCUT2D eigenvalue weighted by Crippen LogP contribution is -2.49. The fraction of sp³-hybridized carbons (Fsp3) is 0.667. The summed E-state index contributed by atoms with van der Waals surface area (Å²) in [5.41, 5.74) is 6.55. The highest BCUT2D eigenvalue weighted by Crippen LogP contribution is 2.28.